The molecular formula is C21H18F3N3O7S. The maximum Gasteiger partial charge on any atom is 0.491 e. The number of methoxy groups -OCH3 is 2. The van der Waals surface area contributed by atoms with Gasteiger partial charge in [-0.05, 0) is 18.2 Å². The molecule has 2 heterocycles. The molecule has 186 valence electrons. The van der Waals surface area contributed by atoms with Gasteiger partial charge in [0.2, 0.25) is 0 Å². The van der Waals surface area contributed by atoms with Crippen LogP contribution >= 0.6 is 0 Å². The molecule has 0 radical (unpaired) electrons. The number of nitrogens with one attached hydrogen (secondary N) is 1. The van der Waals surface area contributed by atoms with E-state index in [1.807, 2.05) is 0 Å². The number of pyridine rings is 2. The lowest BCUT2D eigenvalue weighted by atomic mass is 10.1. The predicted molar refractivity (Wildman–Crippen MR) is 115 cm³/mol. The van der Waals surface area contributed by atoms with Crippen LogP contribution in [0.3, 0.4) is 0 Å². The number of ether oxygens (including phenoxy) is 3. The zero-order valence-electron chi connectivity index (χ0n) is 18.5. The van der Waals surface area contributed by atoms with Crippen LogP contribution in [0.25, 0.3) is 10.9 Å². The number of alkyl halides is 3. The number of sulfone groups is 1. The van der Waals surface area contributed by atoms with Crippen molar-refractivity contribution in [3.05, 3.63) is 47.8 Å². The van der Waals surface area contributed by atoms with Crippen LogP contribution in [0.1, 0.15) is 16.1 Å². The highest BCUT2D eigenvalue weighted by Gasteiger charge is 2.43. The summed E-state index contributed by atoms with van der Waals surface area (Å²) in [5.74, 6) is -4.07. The second-order valence-corrected chi connectivity index (χ2v) is 8.92. The van der Waals surface area contributed by atoms with Gasteiger partial charge in [0.25, 0.3) is 5.91 Å². The van der Waals surface area contributed by atoms with Gasteiger partial charge in [0.1, 0.15) is 5.52 Å². The molecule has 10 nitrogen and oxygen atoms in total. The number of hydrogen-bond acceptors (Lipinski definition) is 9. The summed E-state index contributed by atoms with van der Waals surface area (Å²) in [7, 11) is -1.31. The zero-order valence-corrected chi connectivity index (χ0v) is 19.3. The van der Waals surface area contributed by atoms with E-state index in [1.54, 1.807) is 18.2 Å². The second-order valence-electron chi connectivity index (χ2n) is 6.99. The van der Waals surface area contributed by atoms with Crippen molar-refractivity contribution >= 4 is 32.6 Å². The van der Waals surface area contributed by atoms with E-state index in [1.165, 1.54) is 26.4 Å². The summed E-state index contributed by atoms with van der Waals surface area (Å²) < 4.78 is 78.3. The summed E-state index contributed by atoms with van der Waals surface area (Å²) >= 11 is 0. The highest BCUT2D eigenvalue weighted by molar-refractivity contribution is 7.90. The van der Waals surface area contributed by atoms with E-state index >= 15 is 0 Å². The van der Waals surface area contributed by atoms with E-state index in [0.29, 0.717) is 11.3 Å². The molecule has 0 atom stereocenters. The average Bonchev–Trinajstić information content (AvgIpc) is 2.80. The number of esters is 1. The first kappa shape index (κ1) is 25.7. The van der Waals surface area contributed by atoms with Gasteiger partial charge in [0.15, 0.2) is 37.8 Å². The molecule has 0 spiro atoms. The highest BCUT2D eigenvalue weighted by atomic mass is 32.2. The predicted octanol–water partition coefficient (Wildman–Crippen LogP) is 2.45. The number of hydrogen-bond donors (Lipinski definition) is 1. The van der Waals surface area contributed by atoms with E-state index < -0.39 is 49.9 Å². The Morgan fingerprint density at radius 2 is 1.77 bits per heavy atom. The SMILES string of the molecule is COc1cccc(CNC(=O)c2nc(S(C)(=O)=O)c3cccnc3c2OC(=O)C(F)(F)F)c1OC. The van der Waals surface area contributed by atoms with E-state index in [0.717, 1.165) is 12.5 Å². The van der Waals surface area contributed by atoms with Crippen molar-refractivity contribution in [2.45, 2.75) is 17.7 Å². The maximum absolute atomic E-state index is 13.0. The molecule has 0 aliphatic carbocycles. The topological polar surface area (TPSA) is 134 Å². The molecule has 0 bridgehead atoms. The number of rotatable bonds is 7. The van der Waals surface area contributed by atoms with Crippen molar-refractivity contribution in [2.24, 2.45) is 0 Å². The zero-order chi connectivity index (χ0) is 26.0. The van der Waals surface area contributed by atoms with Crippen molar-refractivity contribution in [3.8, 4) is 17.2 Å². The first-order valence-electron chi connectivity index (χ1n) is 9.64. The van der Waals surface area contributed by atoms with E-state index in [2.05, 4.69) is 20.0 Å². The number of aromatic nitrogens is 2. The van der Waals surface area contributed by atoms with Crippen molar-refractivity contribution < 1.29 is 45.4 Å². The number of carbonyl (C=O) groups is 2. The summed E-state index contributed by atoms with van der Waals surface area (Å²) in [5.41, 5.74) is -0.919. The number of benzene rings is 1. The minimum atomic E-state index is -5.40. The van der Waals surface area contributed by atoms with Crippen LogP contribution in [0.4, 0.5) is 13.2 Å². The number of amides is 1. The van der Waals surface area contributed by atoms with Gasteiger partial charge in [-0.3, -0.25) is 9.78 Å². The van der Waals surface area contributed by atoms with Crippen LogP contribution in [0.5, 0.6) is 17.2 Å². The first-order valence-corrected chi connectivity index (χ1v) is 11.5. The summed E-state index contributed by atoms with van der Waals surface area (Å²) in [4.78, 5) is 32.2. The molecule has 0 aliphatic rings. The van der Waals surface area contributed by atoms with Gasteiger partial charge in [-0.1, -0.05) is 12.1 Å². The number of nitrogens with zero attached hydrogens (tertiary/aromatic N) is 2. The average molecular weight is 513 g/mol. The summed E-state index contributed by atoms with van der Waals surface area (Å²) in [6.07, 6.45) is -3.48. The Morgan fingerprint density at radius 1 is 1.06 bits per heavy atom. The quantitative estimate of drug-likeness (QED) is 0.473. The van der Waals surface area contributed by atoms with Crippen LogP contribution in [0.15, 0.2) is 41.6 Å². The molecule has 3 rings (SSSR count). The Balaban J connectivity index is 2.13. The van der Waals surface area contributed by atoms with Crippen molar-refractivity contribution in [1.29, 1.82) is 0 Å². The molecule has 35 heavy (non-hydrogen) atoms. The molecule has 0 aliphatic heterocycles. The van der Waals surface area contributed by atoms with Gasteiger partial charge >= 0.3 is 12.1 Å². The maximum atomic E-state index is 13.0. The summed E-state index contributed by atoms with van der Waals surface area (Å²) in [5, 5.41) is 1.55. The fraction of sp³-hybridized carbons (Fsp3) is 0.238. The van der Waals surface area contributed by atoms with E-state index in [9.17, 15) is 31.2 Å². The Labute approximate surface area is 196 Å². The Kier molecular flexibility index (Phi) is 7.14. The van der Waals surface area contributed by atoms with Crippen LogP contribution < -0.4 is 19.5 Å². The smallest absolute Gasteiger partial charge is 0.491 e. The molecule has 0 saturated carbocycles. The van der Waals surface area contributed by atoms with E-state index in [-0.39, 0.29) is 17.7 Å². The number of fused-ring (bicyclic) bond motifs is 1. The molecule has 1 N–H and O–H groups in total. The van der Waals surface area contributed by atoms with Crippen LogP contribution in [0.2, 0.25) is 0 Å². The number of carbonyl (C=O) groups excluding carboxylic acids is 2. The van der Waals surface area contributed by atoms with Gasteiger partial charge in [-0.25, -0.2) is 18.2 Å². The standard InChI is InChI=1S/C21H18F3N3O7S/c1-32-13-8-4-6-11(16(13)33-2)10-26-18(28)15-17(34-20(29)21(22,23)24)14-12(7-5-9-25-14)19(27-15)35(3,30)31/h4-9H,10H2,1-3H3,(H,26,28). The normalized spacial score (nSPS) is 11.7. The third-order valence-corrected chi connectivity index (χ3v) is 5.61. The van der Waals surface area contributed by atoms with E-state index in [4.69, 9.17) is 9.47 Å². The molecule has 2 aromatic heterocycles. The molecule has 3 aromatic rings. The highest BCUT2D eigenvalue weighted by Crippen LogP contribution is 2.34. The minimum Gasteiger partial charge on any atom is -0.493 e. The van der Waals surface area contributed by atoms with Gasteiger partial charge in [-0.15, -0.1) is 0 Å². The van der Waals surface area contributed by atoms with Crippen molar-refractivity contribution in [2.75, 3.05) is 20.5 Å². The first-order chi connectivity index (χ1) is 16.4. The molecule has 1 amide bonds. The molecule has 0 saturated heterocycles. The van der Waals surface area contributed by atoms with Gasteiger partial charge in [0, 0.05) is 29.9 Å². The Hall–Kier alpha value is -3.94. The van der Waals surface area contributed by atoms with Crippen LogP contribution in [0, 0.1) is 0 Å². The van der Waals surface area contributed by atoms with Gasteiger partial charge < -0.3 is 19.5 Å². The summed E-state index contributed by atoms with van der Waals surface area (Å²) in [6, 6.07) is 7.32. The molecular weight excluding hydrogens is 495 g/mol. The monoisotopic (exact) mass is 513 g/mol. The lowest BCUT2D eigenvalue weighted by molar-refractivity contribution is -0.189. The van der Waals surface area contributed by atoms with Gasteiger partial charge in [-0.2, -0.15) is 13.2 Å². The Morgan fingerprint density at radius 3 is 2.37 bits per heavy atom. The lowest BCUT2D eigenvalue weighted by Crippen LogP contribution is -2.31. The molecule has 0 fully saturated rings. The molecule has 0 unspecified atom stereocenters. The van der Waals surface area contributed by atoms with Gasteiger partial charge in [0.05, 0.1) is 14.2 Å². The number of para-hydroxylation sites is 1. The second kappa shape index (κ2) is 9.74. The number of halogens is 3. The van der Waals surface area contributed by atoms with Crippen LogP contribution in [-0.4, -0.2) is 56.9 Å². The molecule has 1 aromatic carbocycles. The largest absolute Gasteiger partial charge is 0.493 e. The lowest BCUT2D eigenvalue weighted by Gasteiger charge is -2.16. The summed E-state index contributed by atoms with van der Waals surface area (Å²) in [6.45, 7) is -0.220. The van der Waals surface area contributed by atoms with Crippen LogP contribution in [-0.2, 0) is 21.2 Å². The fourth-order valence-corrected chi connectivity index (χ4v) is 3.94. The molecule has 14 heteroatoms. The third kappa shape index (κ3) is 5.42. The minimum absolute atomic E-state index is 0.220. The van der Waals surface area contributed by atoms with Crippen molar-refractivity contribution in [3.63, 3.8) is 0 Å². The Bertz CT molecular complexity index is 1410. The van der Waals surface area contributed by atoms with Crippen molar-refractivity contribution in [1.82, 2.24) is 15.3 Å². The third-order valence-electron chi connectivity index (χ3n) is 4.60. The fourth-order valence-electron chi connectivity index (χ4n) is 3.12.